The second-order valence-corrected chi connectivity index (χ2v) is 16.2. The number of amides is 1. The summed E-state index contributed by atoms with van der Waals surface area (Å²) >= 11 is 0. The zero-order valence-corrected chi connectivity index (χ0v) is 30.5. The fraction of sp³-hybridized carbons (Fsp3) is 0.116. The number of nitrogens with zero attached hydrogens (tertiary/aromatic N) is 5. The van der Waals surface area contributed by atoms with Crippen molar-refractivity contribution in [2.45, 2.75) is 24.2 Å². The van der Waals surface area contributed by atoms with Gasteiger partial charge in [-0.25, -0.2) is 4.68 Å². The Kier molecular flexibility index (Phi) is 10.0. The van der Waals surface area contributed by atoms with E-state index in [0.29, 0.717) is 12.4 Å². The van der Waals surface area contributed by atoms with Crippen LogP contribution in [0.1, 0.15) is 28.9 Å². The van der Waals surface area contributed by atoms with Crippen molar-refractivity contribution in [3.8, 4) is 0 Å². The van der Waals surface area contributed by atoms with Crippen LogP contribution in [0.25, 0.3) is 0 Å². The molecule has 7 aromatic rings. The molecule has 6 aromatic carbocycles. The summed E-state index contributed by atoms with van der Waals surface area (Å²) < 4.78 is 1.93. The van der Waals surface area contributed by atoms with Gasteiger partial charge in [-0.3, -0.25) is 4.79 Å². The van der Waals surface area contributed by atoms with Gasteiger partial charge in [0.25, 0.3) is 5.91 Å². The van der Waals surface area contributed by atoms with E-state index in [1.54, 1.807) is 0 Å². The van der Waals surface area contributed by atoms with Gasteiger partial charge in [-0.1, -0.05) is 146 Å². The number of aromatic nitrogens is 4. The van der Waals surface area contributed by atoms with Gasteiger partial charge in [-0.05, 0) is 63.5 Å². The number of carbonyl (C=O) groups excluding carboxylic acids is 1. The van der Waals surface area contributed by atoms with E-state index in [-0.39, 0.29) is 35.1 Å². The van der Waals surface area contributed by atoms with Crippen molar-refractivity contribution < 1.29 is 21.8 Å². The van der Waals surface area contributed by atoms with Gasteiger partial charge < -0.3 is 21.9 Å². The molecular formula is C43H37BrN5OP. The molecule has 1 fully saturated rings. The van der Waals surface area contributed by atoms with Crippen molar-refractivity contribution in [3.63, 3.8) is 0 Å². The van der Waals surface area contributed by atoms with Crippen LogP contribution in [0.2, 0.25) is 0 Å². The van der Waals surface area contributed by atoms with Gasteiger partial charge in [-0.2, -0.15) is 0 Å². The molecule has 1 saturated heterocycles. The van der Waals surface area contributed by atoms with Crippen molar-refractivity contribution in [1.82, 2.24) is 25.1 Å². The maximum atomic E-state index is 15.0. The number of hydrogen-bond acceptors (Lipinski definition) is 4. The highest BCUT2D eigenvalue weighted by atomic mass is 79.9. The Balaban J connectivity index is 0.00000406. The second-order valence-electron chi connectivity index (χ2n) is 12.6. The summed E-state index contributed by atoms with van der Waals surface area (Å²) in [4.78, 5) is 17.0. The van der Waals surface area contributed by atoms with E-state index in [2.05, 4.69) is 174 Å². The van der Waals surface area contributed by atoms with Gasteiger partial charge in [0.15, 0.2) is 11.5 Å². The molecule has 8 heteroatoms. The predicted octanol–water partition coefficient (Wildman–Crippen LogP) is 3.61. The van der Waals surface area contributed by atoms with E-state index in [1.807, 2.05) is 27.8 Å². The third-order valence-corrected chi connectivity index (χ3v) is 14.7. The Bertz CT molecular complexity index is 1980. The standard InChI is InChI=1S/C43H37N5OP.BrH/c49-42-40(50(37-25-13-4-14-26-37,38-27-15-5-16-28-38)39-29-17-6-18-30-39)31-32-47(42)33-41-44-45-46-48(41)43(34-19-7-1-8-20-34,35-21-9-2-10-22-35)36-23-11-3-12-24-36;/h1-30,40H,31-33H2;1H/q+1;/p-1/t40-;/m1./s1. The quantitative estimate of drug-likeness (QED) is 0.159. The molecule has 1 aromatic heterocycles. The fourth-order valence-electron chi connectivity index (χ4n) is 7.86. The molecule has 1 atom stereocenters. The first-order chi connectivity index (χ1) is 24.7. The Hall–Kier alpha value is -5.23. The van der Waals surface area contributed by atoms with E-state index in [0.717, 1.165) is 23.1 Å². The van der Waals surface area contributed by atoms with Crippen molar-refractivity contribution >= 4 is 29.1 Å². The largest absolute Gasteiger partial charge is 1.00 e. The van der Waals surface area contributed by atoms with Crippen LogP contribution in [0.4, 0.5) is 0 Å². The van der Waals surface area contributed by atoms with Gasteiger partial charge in [0.2, 0.25) is 0 Å². The lowest BCUT2D eigenvalue weighted by Crippen LogP contribution is -3.00. The number of benzene rings is 6. The average Bonchev–Trinajstić information content (AvgIpc) is 3.81. The first kappa shape index (κ1) is 34.2. The Morgan fingerprint density at radius 3 is 1.33 bits per heavy atom. The molecule has 0 unspecified atom stereocenters. The van der Waals surface area contributed by atoms with Crippen LogP contribution in [0.5, 0.6) is 0 Å². The lowest BCUT2D eigenvalue weighted by molar-refractivity contribution is -0.128. The SMILES string of the molecule is O=C1[C@H]([P+](c2ccccc2)(c2ccccc2)c2ccccc2)CCN1Cc1nnnn1C(c1ccccc1)(c1ccccc1)c1ccccc1.[Br-]. The van der Waals surface area contributed by atoms with Gasteiger partial charge in [0.1, 0.15) is 28.7 Å². The summed E-state index contributed by atoms with van der Waals surface area (Å²) in [5, 5.41) is 17.3. The van der Waals surface area contributed by atoms with Crippen LogP contribution in [-0.4, -0.2) is 43.2 Å². The normalized spacial score (nSPS) is 14.6. The summed E-state index contributed by atoms with van der Waals surface area (Å²) in [6.07, 6.45) is 0.730. The van der Waals surface area contributed by atoms with Gasteiger partial charge in [-0.15, -0.1) is 5.10 Å². The van der Waals surface area contributed by atoms with Crippen LogP contribution in [-0.2, 0) is 16.9 Å². The third-order valence-electron chi connectivity index (χ3n) is 9.99. The number of halogens is 1. The highest BCUT2D eigenvalue weighted by Gasteiger charge is 2.58. The summed E-state index contributed by atoms with van der Waals surface area (Å²) in [7, 11) is -2.42. The van der Waals surface area contributed by atoms with Crippen molar-refractivity contribution in [1.29, 1.82) is 0 Å². The number of hydrogen-bond donors (Lipinski definition) is 0. The molecule has 51 heavy (non-hydrogen) atoms. The smallest absolute Gasteiger partial charge is 0.265 e. The Labute approximate surface area is 309 Å². The highest BCUT2D eigenvalue weighted by Crippen LogP contribution is 2.62. The van der Waals surface area contributed by atoms with Crippen molar-refractivity contribution in [2.24, 2.45) is 0 Å². The number of rotatable bonds is 10. The summed E-state index contributed by atoms with van der Waals surface area (Å²) in [6.45, 7) is 0.897. The summed E-state index contributed by atoms with van der Waals surface area (Å²) in [5.41, 5.74) is 1.97. The topological polar surface area (TPSA) is 63.9 Å². The van der Waals surface area contributed by atoms with Crippen LogP contribution in [0.15, 0.2) is 182 Å². The molecule has 1 aliphatic heterocycles. The molecule has 0 N–H and O–H groups in total. The monoisotopic (exact) mass is 749 g/mol. The van der Waals surface area contributed by atoms with Crippen LogP contribution in [0, 0.1) is 0 Å². The minimum atomic E-state index is -2.42. The van der Waals surface area contributed by atoms with Crippen LogP contribution in [0.3, 0.4) is 0 Å². The van der Waals surface area contributed by atoms with E-state index in [1.165, 1.54) is 15.9 Å². The summed E-state index contributed by atoms with van der Waals surface area (Å²) in [6, 6.07) is 63.1. The molecule has 0 saturated carbocycles. The van der Waals surface area contributed by atoms with Crippen molar-refractivity contribution in [3.05, 3.63) is 205 Å². The van der Waals surface area contributed by atoms with Gasteiger partial charge in [0.05, 0.1) is 6.54 Å². The molecule has 0 spiro atoms. The molecule has 8 rings (SSSR count). The highest BCUT2D eigenvalue weighted by molar-refractivity contribution is 7.96. The number of carbonyl (C=O) groups is 1. The summed E-state index contributed by atoms with van der Waals surface area (Å²) in [5.74, 6) is 0.757. The zero-order valence-electron chi connectivity index (χ0n) is 28.0. The molecule has 0 bridgehead atoms. The molecular weight excluding hydrogens is 713 g/mol. The fourth-order valence-corrected chi connectivity index (χ4v) is 12.8. The first-order valence-corrected chi connectivity index (χ1v) is 18.9. The molecule has 252 valence electrons. The van der Waals surface area contributed by atoms with E-state index < -0.39 is 12.8 Å². The molecule has 2 heterocycles. The molecule has 0 aliphatic carbocycles. The average molecular weight is 751 g/mol. The maximum absolute atomic E-state index is 15.0. The number of tetrazole rings is 1. The van der Waals surface area contributed by atoms with E-state index >= 15 is 4.79 Å². The minimum Gasteiger partial charge on any atom is -1.00 e. The molecule has 0 radical (unpaired) electrons. The molecule has 1 aliphatic rings. The minimum absolute atomic E-state index is 0. The first-order valence-electron chi connectivity index (χ1n) is 17.0. The van der Waals surface area contributed by atoms with Crippen LogP contribution < -0.4 is 32.9 Å². The number of likely N-dealkylation sites (tertiary alicyclic amines) is 1. The lowest BCUT2D eigenvalue weighted by Gasteiger charge is -2.36. The molecule has 1 amide bonds. The second kappa shape index (κ2) is 14.9. The van der Waals surface area contributed by atoms with Crippen LogP contribution >= 0.6 is 7.26 Å². The van der Waals surface area contributed by atoms with Gasteiger partial charge in [0, 0.05) is 13.0 Å². The maximum Gasteiger partial charge on any atom is 0.265 e. The van der Waals surface area contributed by atoms with Gasteiger partial charge >= 0.3 is 0 Å². The van der Waals surface area contributed by atoms with Crippen molar-refractivity contribution in [2.75, 3.05) is 6.54 Å². The molecule has 6 nitrogen and oxygen atoms in total. The Morgan fingerprint density at radius 1 is 0.569 bits per heavy atom. The third kappa shape index (κ3) is 5.90. The zero-order chi connectivity index (χ0) is 33.8. The van der Waals surface area contributed by atoms with E-state index in [4.69, 9.17) is 5.21 Å². The predicted molar refractivity (Wildman–Crippen MR) is 201 cm³/mol. The Morgan fingerprint density at radius 2 is 0.941 bits per heavy atom. The lowest BCUT2D eigenvalue weighted by atomic mass is 9.77. The van der Waals surface area contributed by atoms with E-state index in [9.17, 15) is 0 Å².